The molecule has 0 saturated carbocycles. The summed E-state index contributed by atoms with van der Waals surface area (Å²) in [6, 6.07) is 23.8. The van der Waals surface area contributed by atoms with Crippen LogP contribution in [0.2, 0.25) is 0 Å². The lowest BCUT2D eigenvalue weighted by atomic mass is 9.97. The number of hydrogen-bond acceptors (Lipinski definition) is 4. The fourth-order valence-corrected chi connectivity index (χ4v) is 2.96. The number of rotatable bonds is 9. The molecule has 0 aliphatic carbocycles. The normalized spacial score (nSPS) is 12.1. The zero-order valence-corrected chi connectivity index (χ0v) is 17.3. The zero-order valence-electron chi connectivity index (χ0n) is 17.3. The summed E-state index contributed by atoms with van der Waals surface area (Å²) < 4.78 is 11.6. The van der Waals surface area contributed by atoms with Gasteiger partial charge in [0.25, 0.3) is 0 Å². The van der Waals surface area contributed by atoms with Crippen LogP contribution in [-0.4, -0.2) is 6.61 Å². The summed E-state index contributed by atoms with van der Waals surface area (Å²) in [6.07, 6.45) is 1.03. The quantitative estimate of drug-likeness (QED) is 0.354. The van der Waals surface area contributed by atoms with E-state index in [0.29, 0.717) is 19.1 Å². The second-order valence-electron chi connectivity index (χ2n) is 6.93. The highest BCUT2D eigenvalue weighted by Crippen LogP contribution is 2.33. The molecule has 1 unspecified atom stereocenters. The Hall–Kier alpha value is -3.14. The smallest absolute Gasteiger partial charge is 0.123 e. The second kappa shape index (κ2) is 10.4. The van der Waals surface area contributed by atoms with E-state index < -0.39 is 0 Å². The van der Waals surface area contributed by atoms with E-state index in [-0.39, 0.29) is 0 Å². The Morgan fingerprint density at radius 1 is 0.793 bits per heavy atom. The van der Waals surface area contributed by atoms with Gasteiger partial charge in [0.1, 0.15) is 18.1 Å². The Morgan fingerprint density at radius 2 is 1.48 bits per heavy atom. The van der Waals surface area contributed by atoms with Crippen LogP contribution in [-0.2, 0) is 6.61 Å². The van der Waals surface area contributed by atoms with Crippen LogP contribution < -0.4 is 9.47 Å². The molecule has 0 heterocycles. The molecule has 0 aliphatic rings. The molecule has 0 radical (unpaired) electrons. The Bertz CT molecular complexity index is 921. The van der Waals surface area contributed by atoms with E-state index in [1.54, 1.807) is 0 Å². The van der Waals surface area contributed by atoms with Crippen LogP contribution in [0.4, 0.5) is 11.4 Å². The minimum Gasteiger partial charge on any atom is -0.494 e. The topological polar surface area (TPSA) is 43.2 Å². The number of benzene rings is 3. The van der Waals surface area contributed by atoms with Gasteiger partial charge in [0, 0.05) is 0 Å². The molecule has 1 atom stereocenters. The molecule has 0 bridgehead atoms. The zero-order chi connectivity index (χ0) is 20.5. The highest BCUT2D eigenvalue weighted by Gasteiger charge is 2.12. The predicted molar refractivity (Wildman–Crippen MR) is 118 cm³/mol. The highest BCUT2D eigenvalue weighted by atomic mass is 16.5. The first kappa shape index (κ1) is 20.6. The van der Waals surface area contributed by atoms with Crippen molar-refractivity contribution in [1.29, 1.82) is 0 Å². The average molecular weight is 389 g/mol. The standard InChI is InChI=1S/C25H28N2O2/c1-4-19(3)24-17-22(27-26-21-11-14-23(15-12-21)28-5-2)13-16-25(24)29-18-20-9-7-6-8-10-20/h6-17,19H,4-5,18H2,1-3H3. The maximum atomic E-state index is 6.11. The van der Waals surface area contributed by atoms with Gasteiger partial charge in [0.15, 0.2) is 0 Å². The summed E-state index contributed by atoms with van der Waals surface area (Å²) in [4.78, 5) is 0. The molecule has 3 aromatic carbocycles. The summed E-state index contributed by atoms with van der Waals surface area (Å²) in [5.74, 6) is 2.12. The van der Waals surface area contributed by atoms with E-state index in [2.05, 4.69) is 42.3 Å². The summed E-state index contributed by atoms with van der Waals surface area (Å²) in [6.45, 7) is 7.56. The van der Waals surface area contributed by atoms with E-state index in [1.165, 1.54) is 0 Å². The van der Waals surface area contributed by atoms with Crippen molar-refractivity contribution in [2.45, 2.75) is 39.7 Å². The largest absolute Gasteiger partial charge is 0.494 e. The molecule has 29 heavy (non-hydrogen) atoms. The second-order valence-corrected chi connectivity index (χ2v) is 6.93. The van der Waals surface area contributed by atoms with Crippen molar-refractivity contribution >= 4 is 11.4 Å². The van der Waals surface area contributed by atoms with E-state index in [4.69, 9.17) is 9.47 Å². The summed E-state index contributed by atoms with van der Waals surface area (Å²) in [5, 5.41) is 8.77. The molecule has 3 aromatic rings. The predicted octanol–water partition coefficient (Wildman–Crippen LogP) is 7.59. The molecule has 3 rings (SSSR count). The lowest BCUT2D eigenvalue weighted by Gasteiger charge is -2.16. The van der Waals surface area contributed by atoms with E-state index in [0.717, 1.165) is 40.4 Å². The molecule has 4 heteroatoms. The third-order valence-corrected chi connectivity index (χ3v) is 4.80. The van der Waals surface area contributed by atoms with Gasteiger partial charge >= 0.3 is 0 Å². The van der Waals surface area contributed by atoms with Gasteiger partial charge in [0.05, 0.1) is 18.0 Å². The Morgan fingerprint density at radius 3 is 2.17 bits per heavy atom. The first-order valence-corrected chi connectivity index (χ1v) is 10.1. The molecule has 150 valence electrons. The fourth-order valence-electron chi connectivity index (χ4n) is 2.96. The summed E-state index contributed by atoms with van der Waals surface area (Å²) in [5.41, 5.74) is 3.93. The van der Waals surface area contributed by atoms with Gasteiger partial charge in [-0.15, -0.1) is 0 Å². The van der Waals surface area contributed by atoms with Gasteiger partial charge in [0.2, 0.25) is 0 Å². The third-order valence-electron chi connectivity index (χ3n) is 4.80. The number of hydrogen-bond donors (Lipinski definition) is 0. The SMILES string of the molecule is CCOc1ccc(N=Nc2ccc(OCc3ccccc3)c(C(C)CC)c2)cc1. The molecule has 0 N–H and O–H groups in total. The van der Waals surface area contributed by atoms with Crippen LogP contribution in [0.5, 0.6) is 11.5 Å². The van der Waals surface area contributed by atoms with Crippen molar-refractivity contribution in [2.75, 3.05) is 6.61 Å². The van der Waals surface area contributed by atoms with Crippen LogP contribution in [0.1, 0.15) is 44.2 Å². The lowest BCUT2D eigenvalue weighted by Crippen LogP contribution is -2.00. The van der Waals surface area contributed by atoms with Gasteiger partial charge in [-0.1, -0.05) is 44.2 Å². The van der Waals surface area contributed by atoms with Crippen LogP contribution in [0, 0.1) is 0 Å². The first-order valence-electron chi connectivity index (χ1n) is 10.1. The fraction of sp³-hybridized carbons (Fsp3) is 0.280. The lowest BCUT2D eigenvalue weighted by molar-refractivity contribution is 0.301. The molecule has 0 aliphatic heterocycles. The van der Waals surface area contributed by atoms with E-state index in [1.807, 2.05) is 61.5 Å². The molecular weight excluding hydrogens is 360 g/mol. The van der Waals surface area contributed by atoms with Gasteiger partial charge in [-0.05, 0) is 72.9 Å². The molecule has 0 saturated heterocycles. The molecule has 0 fully saturated rings. The van der Waals surface area contributed by atoms with Gasteiger partial charge < -0.3 is 9.47 Å². The van der Waals surface area contributed by atoms with Crippen LogP contribution in [0.3, 0.4) is 0 Å². The van der Waals surface area contributed by atoms with Crippen molar-refractivity contribution in [3.63, 3.8) is 0 Å². The number of nitrogens with zero attached hydrogens (tertiary/aromatic N) is 2. The number of azo groups is 1. The molecule has 4 nitrogen and oxygen atoms in total. The first-order chi connectivity index (χ1) is 14.2. The van der Waals surface area contributed by atoms with Gasteiger partial charge in [-0.2, -0.15) is 10.2 Å². The van der Waals surface area contributed by atoms with Gasteiger partial charge in [-0.3, -0.25) is 0 Å². The minimum atomic E-state index is 0.376. The van der Waals surface area contributed by atoms with Crippen molar-refractivity contribution in [1.82, 2.24) is 0 Å². The molecule has 0 aromatic heterocycles. The summed E-state index contributed by atoms with van der Waals surface area (Å²) >= 11 is 0. The van der Waals surface area contributed by atoms with Crippen molar-refractivity contribution in [2.24, 2.45) is 10.2 Å². The van der Waals surface area contributed by atoms with Crippen molar-refractivity contribution in [3.05, 3.63) is 83.9 Å². The van der Waals surface area contributed by atoms with E-state index in [9.17, 15) is 0 Å². The molecular formula is C25H28N2O2. The van der Waals surface area contributed by atoms with Crippen molar-refractivity contribution < 1.29 is 9.47 Å². The molecule has 0 spiro atoms. The van der Waals surface area contributed by atoms with E-state index >= 15 is 0 Å². The van der Waals surface area contributed by atoms with Crippen LogP contribution >= 0.6 is 0 Å². The Balaban J connectivity index is 1.75. The number of ether oxygens (including phenoxy) is 2. The summed E-state index contributed by atoms with van der Waals surface area (Å²) in [7, 11) is 0. The maximum absolute atomic E-state index is 6.11. The van der Waals surface area contributed by atoms with Crippen LogP contribution in [0.15, 0.2) is 83.0 Å². The minimum absolute atomic E-state index is 0.376. The monoisotopic (exact) mass is 388 g/mol. The maximum Gasteiger partial charge on any atom is 0.123 e. The van der Waals surface area contributed by atoms with Crippen molar-refractivity contribution in [3.8, 4) is 11.5 Å². The average Bonchev–Trinajstić information content (AvgIpc) is 2.78. The Kier molecular flexibility index (Phi) is 7.40. The van der Waals surface area contributed by atoms with Gasteiger partial charge in [-0.25, -0.2) is 0 Å². The van der Waals surface area contributed by atoms with Crippen LogP contribution in [0.25, 0.3) is 0 Å². The third kappa shape index (κ3) is 5.92. The molecule has 0 amide bonds. The highest BCUT2D eigenvalue weighted by molar-refractivity contribution is 5.49. The Labute approximate surface area is 173 Å².